The molecule has 1 heterocycles. The molecule has 1 atom stereocenters. The molecule has 0 aliphatic carbocycles. The Morgan fingerprint density at radius 2 is 1.59 bits per heavy atom. The molecule has 2 amide bonds. The number of rotatable bonds is 4. The molecule has 1 fully saturated rings. The van der Waals surface area contributed by atoms with Crippen molar-refractivity contribution in [3.05, 3.63) is 28.8 Å². The van der Waals surface area contributed by atoms with Crippen molar-refractivity contribution in [2.45, 2.75) is 46.3 Å². The maximum Gasteiger partial charge on any atom is 0.397 e. The van der Waals surface area contributed by atoms with Crippen molar-refractivity contribution in [1.82, 2.24) is 9.80 Å². The van der Waals surface area contributed by atoms with Gasteiger partial charge in [0, 0.05) is 31.9 Å². The summed E-state index contributed by atoms with van der Waals surface area (Å²) in [6, 6.07) is 3.56. The fourth-order valence-electron chi connectivity index (χ4n) is 3.41. The third kappa shape index (κ3) is 5.69. The highest BCUT2D eigenvalue weighted by Gasteiger charge is 2.35. The van der Waals surface area contributed by atoms with Crippen molar-refractivity contribution in [2.24, 2.45) is 0 Å². The van der Waals surface area contributed by atoms with Crippen LogP contribution in [0.25, 0.3) is 0 Å². The number of benzene rings is 1. The Labute approximate surface area is 157 Å². The number of anilines is 1. The topological polar surface area (TPSA) is 52.7 Å². The lowest BCUT2D eigenvalue weighted by atomic mass is 10.0. The molecule has 0 bridgehead atoms. The smallest absolute Gasteiger partial charge is 0.340 e. The molecule has 1 aromatic rings. The Morgan fingerprint density at radius 1 is 1.07 bits per heavy atom. The number of carbonyl (C=O) groups is 2. The van der Waals surface area contributed by atoms with Gasteiger partial charge < -0.3 is 10.2 Å². The van der Waals surface area contributed by atoms with Gasteiger partial charge in [0.15, 0.2) is 0 Å². The monoisotopic (exact) mass is 385 g/mol. The zero-order valence-electron chi connectivity index (χ0n) is 16.1. The Balaban J connectivity index is 1.93. The summed E-state index contributed by atoms with van der Waals surface area (Å²) in [6.45, 7) is 8.74. The predicted octanol–water partition coefficient (Wildman–Crippen LogP) is 3.04. The number of carbonyl (C=O) groups excluding carboxylic acids is 2. The third-order valence-corrected chi connectivity index (χ3v) is 4.87. The fourth-order valence-corrected chi connectivity index (χ4v) is 3.41. The van der Waals surface area contributed by atoms with Gasteiger partial charge in [0.2, 0.25) is 11.8 Å². The molecule has 5 nitrogen and oxygen atoms in total. The predicted molar refractivity (Wildman–Crippen MR) is 97.6 cm³/mol. The lowest BCUT2D eigenvalue weighted by Crippen LogP contribution is -2.54. The molecule has 1 aliphatic rings. The van der Waals surface area contributed by atoms with E-state index in [1.807, 2.05) is 37.8 Å². The SMILES string of the molecule is Cc1cc(C)c(NC(=O)C(C)N2CCN(C(=O)CC(F)(F)F)CC2)c(C)c1. The summed E-state index contributed by atoms with van der Waals surface area (Å²) in [7, 11) is 0. The maximum absolute atomic E-state index is 12.6. The van der Waals surface area contributed by atoms with Crippen molar-refractivity contribution < 1.29 is 22.8 Å². The van der Waals surface area contributed by atoms with Gasteiger partial charge in [-0.2, -0.15) is 13.2 Å². The van der Waals surface area contributed by atoms with Crippen molar-refractivity contribution in [3.8, 4) is 0 Å². The Kier molecular flexibility index (Phi) is 6.51. The summed E-state index contributed by atoms with van der Waals surface area (Å²) in [5, 5.41) is 2.96. The molecule has 1 aliphatic heterocycles. The summed E-state index contributed by atoms with van der Waals surface area (Å²) < 4.78 is 37.1. The van der Waals surface area contributed by atoms with E-state index >= 15 is 0 Å². The zero-order valence-corrected chi connectivity index (χ0v) is 16.1. The van der Waals surface area contributed by atoms with Crippen molar-refractivity contribution in [1.29, 1.82) is 0 Å². The number of hydrogen-bond acceptors (Lipinski definition) is 3. The molecule has 1 saturated heterocycles. The number of nitrogens with zero attached hydrogens (tertiary/aromatic N) is 2. The maximum atomic E-state index is 12.6. The van der Waals surface area contributed by atoms with Gasteiger partial charge in [0.05, 0.1) is 6.04 Å². The van der Waals surface area contributed by atoms with Gasteiger partial charge in [-0.15, -0.1) is 0 Å². The number of alkyl halides is 3. The average molecular weight is 385 g/mol. The minimum absolute atomic E-state index is 0.167. The standard InChI is InChI=1S/C19H26F3N3O2/c1-12-9-13(2)17(14(3)10-12)23-18(27)15(4)24-5-7-25(8-6-24)16(26)11-19(20,21)22/h9-10,15H,5-8,11H2,1-4H3,(H,23,27). The number of aryl methyl sites for hydroxylation is 3. The quantitative estimate of drug-likeness (QED) is 0.867. The summed E-state index contributed by atoms with van der Waals surface area (Å²) in [5.74, 6) is -1.08. The summed E-state index contributed by atoms with van der Waals surface area (Å²) in [5.41, 5.74) is 3.87. The first kappa shape index (κ1) is 21.2. The highest BCUT2D eigenvalue weighted by atomic mass is 19.4. The number of piperazine rings is 1. The van der Waals surface area contributed by atoms with Crippen LogP contribution in [0.15, 0.2) is 12.1 Å². The second-order valence-corrected chi connectivity index (χ2v) is 7.15. The number of amides is 2. The van der Waals surface area contributed by atoms with Gasteiger partial charge in [-0.05, 0) is 38.8 Å². The van der Waals surface area contributed by atoms with Crippen LogP contribution >= 0.6 is 0 Å². The normalized spacial score (nSPS) is 16.9. The van der Waals surface area contributed by atoms with E-state index < -0.39 is 24.5 Å². The zero-order chi connectivity index (χ0) is 20.4. The Bertz CT molecular complexity index is 688. The minimum atomic E-state index is -4.49. The summed E-state index contributed by atoms with van der Waals surface area (Å²) in [6.07, 6.45) is -5.93. The van der Waals surface area contributed by atoms with E-state index in [0.29, 0.717) is 13.1 Å². The van der Waals surface area contributed by atoms with E-state index in [2.05, 4.69) is 5.32 Å². The van der Waals surface area contributed by atoms with Crippen LogP contribution in [0.4, 0.5) is 18.9 Å². The van der Waals surface area contributed by atoms with E-state index in [1.54, 1.807) is 6.92 Å². The van der Waals surface area contributed by atoms with Crippen LogP contribution < -0.4 is 5.32 Å². The van der Waals surface area contributed by atoms with Gasteiger partial charge in [-0.3, -0.25) is 14.5 Å². The number of hydrogen-bond donors (Lipinski definition) is 1. The first-order valence-electron chi connectivity index (χ1n) is 8.95. The van der Waals surface area contributed by atoms with E-state index in [4.69, 9.17) is 0 Å². The third-order valence-electron chi connectivity index (χ3n) is 4.87. The average Bonchev–Trinajstić information content (AvgIpc) is 2.55. The number of halogens is 3. The van der Waals surface area contributed by atoms with Crippen LogP contribution in [0.1, 0.15) is 30.0 Å². The molecule has 1 unspecified atom stereocenters. The van der Waals surface area contributed by atoms with Crippen LogP contribution in [0.2, 0.25) is 0 Å². The molecular weight excluding hydrogens is 359 g/mol. The molecule has 0 radical (unpaired) electrons. The van der Waals surface area contributed by atoms with Crippen molar-refractivity contribution in [2.75, 3.05) is 31.5 Å². The Hall–Kier alpha value is -2.09. The summed E-state index contributed by atoms with van der Waals surface area (Å²) >= 11 is 0. The molecule has 0 aromatic heterocycles. The van der Waals surface area contributed by atoms with Crippen LogP contribution in [0, 0.1) is 20.8 Å². The van der Waals surface area contributed by atoms with Gasteiger partial charge >= 0.3 is 6.18 Å². The van der Waals surface area contributed by atoms with Crippen LogP contribution in [-0.2, 0) is 9.59 Å². The van der Waals surface area contributed by atoms with E-state index in [9.17, 15) is 22.8 Å². The number of nitrogens with one attached hydrogen (secondary N) is 1. The second kappa shape index (κ2) is 8.29. The van der Waals surface area contributed by atoms with Crippen LogP contribution in [-0.4, -0.2) is 60.0 Å². The largest absolute Gasteiger partial charge is 0.397 e. The molecule has 1 aromatic carbocycles. The van der Waals surface area contributed by atoms with E-state index in [1.165, 1.54) is 4.90 Å². The van der Waals surface area contributed by atoms with Gasteiger partial charge in [-0.1, -0.05) is 17.7 Å². The van der Waals surface area contributed by atoms with Crippen molar-refractivity contribution >= 4 is 17.5 Å². The molecule has 8 heteroatoms. The van der Waals surface area contributed by atoms with Gasteiger partial charge in [0.1, 0.15) is 6.42 Å². The second-order valence-electron chi connectivity index (χ2n) is 7.15. The molecule has 1 N–H and O–H groups in total. The molecule has 0 spiro atoms. The fraction of sp³-hybridized carbons (Fsp3) is 0.579. The molecule has 150 valence electrons. The van der Waals surface area contributed by atoms with E-state index in [0.717, 1.165) is 22.4 Å². The Morgan fingerprint density at radius 3 is 2.07 bits per heavy atom. The first-order chi connectivity index (χ1) is 12.5. The minimum Gasteiger partial charge on any atom is -0.340 e. The van der Waals surface area contributed by atoms with Crippen LogP contribution in [0.3, 0.4) is 0 Å². The van der Waals surface area contributed by atoms with Gasteiger partial charge in [0.25, 0.3) is 0 Å². The van der Waals surface area contributed by atoms with Gasteiger partial charge in [-0.25, -0.2) is 0 Å². The highest BCUT2D eigenvalue weighted by Crippen LogP contribution is 2.23. The highest BCUT2D eigenvalue weighted by molar-refractivity contribution is 5.96. The first-order valence-corrected chi connectivity index (χ1v) is 8.95. The summed E-state index contributed by atoms with van der Waals surface area (Å²) in [4.78, 5) is 27.4. The lowest BCUT2D eigenvalue weighted by Gasteiger charge is -2.37. The molecule has 0 saturated carbocycles. The lowest BCUT2D eigenvalue weighted by molar-refractivity contribution is -0.162. The van der Waals surface area contributed by atoms with Crippen LogP contribution in [0.5, 0.6) is 0 Å². The van der Waals surface area contributed by atoms with Crippen molar-refractivity contribution in [3.63, 3.8) is 0 Å². The molecular formula is C19H26F3N3O2. The van der Waals surface area contributed by atoms with E-state index in [-0.39, 0.29) is 19.0 Å². The molecule has 27 heavy (non-hydrogen) atoms. The molecule has 2 rings (SSSR count).